The van der Waals surface area contributed by atoms with Gasteiger partial charge in [0.25, 0.3) is 0 Å². The molecule has 0 amide bonds. The monoisotopic (exact) mass is 428 g/mol. The van der Waals surface area contributed by atoms with E-state index in [1.165, 1.54) is 13.0 Å². The summed E-state index contributed by atoms with van der Waals surface area (Å²) >= 11 is 6.05. The molecule has 0 saturated carbocycles. The highest BCUT2D eigenvalue weighted by Gasteiger charge is 2.35. The van der Waals surface area contributed by atoms with Crippen molar-refractivity contribution in [1.29, 1.82) is 0 Å². The number of amidine groups is 1. The third kappa shape index (κ3) is 4.04. The first-order valence-corrected chi connectivity index (χ1v) is 8.65. The van der Waals surface area contributed by atoms with Gasteiger partial charge in [0.1, 0.15) is 40.7 Å². The Morgan fingerprint density at radius 1 is 1.17 bits per heavy atom. The molecule has 2 aromatic rings. The summed E-state index contributed by atoms with van der Waals surface area (Å²) < 4.78 is 59.9. The topological polar surface area (TPSA) is 70.9 Å². The highest BCUT2D eigenvalue weighted by atomic mass is 35.5. The van der Waals surface area contributed by atoms with Gasteiger partial charge in [-0.2, -0.15) is 0 Å². The molecule has 0 fully saturated rings. The van der Waals surface area contributed by atoms with Gasteiger partial charge < -0.3 is 15.2 Å². The van der Waals surface area contributed by atoms with Gasteiger partial charge in [-0.25, -0.2) is 22.4 Å². The molecule has 29 heavy (non-hydrogen) atoms. The van der Waals surface area contributed by atoms with Crippen LogP contribution in [0.5, 0.6) is 0 Å². The number of halogens is 5. The number of aliphatic hydroxyl groups excluding tert-OH is 1. The maximum atomic E-state index is 14.2. The Bertz CT molecular complexity index is 1030. The van der Waals surface area contributed by atoms with E-state index in [0.717, 1.165) is 12.1 Å². The Hall–Kier alpha value is -3.07. The number of carbonyl (C=O) groups excluding carboxylic acids is 1. The van der Waals surface area contributed by atoms with Crippen LogP contribution in [-0.2, 0) is 9.53 Å². The Morgan fingerprint density at radius 3 is 2.41 bits per heavy atom. The first-order valence-electron chi connectivity index (χ1n) is 8.27. The molecular formula is C19H13ClF4N2O3. The molecule has 5 nitrogen and oxygen atoms in total. The number of esters is 1. The van der Waals surface area contributed by atoms with Crippen LogP contribution in [0.4, 0.5) is 17.6 Å². The third-order valence-electron chi connectivity index (χ3n) is 4.02. The summed E-state index contributed by atoms with van der Waals surface area (Å²) in [6.45, 7) is 1.50. The van der Waals surface area contributed by atoms with Crippen LogP contribution in [0.3, 0.4) is 0 Å². The molecule has 0 spiro atoms. The molecule has 2 N–H and O–H groups in total. The zero-order valence-corrected chi connectivity index (χ0v) is 15.5. The number of carbonyl (C=O) groups is 1. The summed E-state index contributed by atoms with van der Waals surface area (Å²) in [5.41, 5.74) is -1.08. The molecule has 1 aliphatic heterocycles. The lowest BCUT2D eigenvalue weighted by atomic mass is 9.97. The molecule has 3 rings (SSSR count). The van der Waals surface area contributed by atoms with Crippen molar-refractivity contribution in [2.45, 2.75) is 13.0 Å². The zero-order valence-electron chi connectivity index (χ0n) is 14.8. The second-order valence-electron chi connectivity index (χ2n) is 5.90. The smallest absolute Gasteiger partial charge is 0.342 e. The molecular weight excluding hydrogens is 416 g/mol. The molecule has 10 heteroatoms. The fourth-order valence-corrected chi connectivity index (χ4v) is 3.07. The average Bonchev–Trinajstić information content (AvgIpc) is 2.60. The predicted octanol–water partition coefficient (Wildman–Crippen LogP) is 4.32. The van der Waals surface area contributed by atoms with Crippen molar-refractivity contribution in [2.24, 2.45) is 4.99 Å². The van der Waals surface area contributed by atoms with Gasteiger partial charge in [-0.05, 0) is 19.1 Å². The summed E-state index contributed by atoms with van der Waals surface area (Å²) in [5.74, 6) is -6.66. The van der Waals surface area contributed by atoms with E-state index in [9.17, 15) is 27.5 Å². The lowest BCUT2D eigenvalue weighted by Gasteiger charge is -2.25. The van der Waals surface area contributed by atoms with Crippen LogP contribution in [0.2, 0.25) is 5.02 Å². The summed E-state index contributed by atoms with van der Waals surface area (Å²) in [4.78, 5) is 16.4. The Morgan fingerprint density at radius 2 is 1.83 bits per heavy atom. The summed E-state index contributed by atoms with van der Waals surface area (Å²) in [6.07, 6.45) is 0. The number of nitrogens with zero attached hydrogens (tertiary/aromatic N) is 1. The van der Waals surface area contributed by atoms with Gasteiger partial charge in [0.05, 0.1) is 12.2 Å². The largest absolute Gasteiger partial charge is 0.494 e. The minimum atomic E-state index is -1.37. The third-order valence-corrected chi connectivity index (χ3v) is 4.35. The standard InChI is InChI=1S/C19H13ClF4N2O3/c1-2-29-19(28)15-16(10-4-3-8(21)5-11(10)20)25-17(26-18(15)27)14-12(23)6-9(22)7-13(14)24/h3-7,16,27H,2H2,1H3,(H,25,26). The Labute approximate surface area is 167 Å². The average molecular weight is 429 g/mol. The second kappa shape index (κ2) is 8.12. The lowest BCUT2D eigenvalue weighted by Crippen LogP contribution is -2.35. The van der Waals surface area contributed by atoms with Crippen LogP contribution in [0.25, 0.3) is 0 Å². The van der Waals surface area contributed by atoms with Crippen LogP contribution in [0.15, 0.2) is 46.8 Å². The Kier molecular flexibility index (Phi) is 5.78. The predicted molar refractivity (Wildman–Crippen MR) is 96.4 cm³/mol. The SMILES string of the molecule is CCOC(=O)C1=C(O)NC(c2c(F)cc(F)cc2F)=NC1c1ccc(F)cc1Cl. The first-order chi connectivity index (χ1) is 13.7. The fourth-order valence-electron chi connectivity index (χ4n) is 2.80. The summed E-state index contributed by atoms with van der Waals surface area (Å²) in [7, 11) is 0. The molecule has 2 aromatic carbocycles. The van der Waals surface area contributed by atoms with Crippen LogP contribution >= 0.6 is 11.6 Å². The quantitative estimate of drug-likeness (QED) is 0.562. The van der Waals surface area contributed by atoms with Crippen molar-refractivity contribution in [2.75, 3.05) is 6.61 Å². The molecule has 1 heterocycles. The van der Waals surface area contributed by atoms with Crippen LogP contribution in [0.1, 0.15) is 24.1 Å². The van der Waals surface area contributed by atoms with E-state index < -0.39 is 58.1 Å². The van der Waals surface area contributed by atoms with E-state index >= 15 is 0 Å². The molecule has 1 atom stereocenters. The summed E-state index contributed by atoms with van der Waals surface area (Å²) in [6, 6.07) is 2.69. The van der Waals surface area contributed by atoms with Gasteiger partial charge >= 0.3 is 5.97 Å². The zero-order chi connectivity index (χ0) is 21.3. The molecule has 1 aliphatic rings. The van der Waals surface area contributed by atoms with Crippen LogP contribution in [0, 0.1) is 23.3 Å². The van der Waals surface area contributed by atoms with Crippen molar-refractivity contribution >= 4 is 23.4 Å². The van der Waals surface area contributed by atoms with Crippen molar-refractivity contribution in [1.82, 2.24) is 5.32 Å². The fraction of sp³-hybridized carbons (Fsp3) is 0.158. The van der Waals surface area contributed by atoms with Crippen molar-refractivity contribution < 1.29 is 32.2 Å². The van der Waals surface area contributed by atoms with Gasteiger partial charge in [0.15, 0.2) is 0 Å². The molecule has 0 aromatic heterocycles. The van der Waals surface area contributed by atoms with Crippen molar-refractivity contribution in [3.63, 3.8) is 0 Å². The van der Waals surface area contributed by atoms with E-state index in [0.29, 0.717) is 12.1 Å². The summed E-state index contributed by atoms with van der Waals surface area (Å²) in [5, 5.41) is 12.4. The highest BCUT2D eigenvalue weighted by Crippen LogP contribution is 2.36. The van der Waals surface area contributed by atoms with Crippen LogP contribution in [-0.4, -0.2) is 23.5 Å². The van der Waals surface area contributed by atoms with Crippen LogP contribution < -0.4 is 5.32 Å². The second-order valence-corrected chi connectivity index (χ2v) is 6.31. The van der Waals surface area contributed by atoms with Crippen molar-refractivity contribution in [3.05, 3.63) is 81.2 Å². The van der Waals surface area contributed by atoms with E-state index in [4.69, 9.17) is 16.3 Å². The van der Waals surface area contributed by atoms with E-state index in [2.05, 4.69) is 10.3 Å². The number of hydrogen-bond donors (Lipinski definition) is 2. The molecule has 152 valence electrons. The van der Waals surface area contributed by atoms with Gasteiger partial charge in [-0.1, -0.05) is 17.7 Å². The van der Waals surface area contributed by atoms with Gasteiger partial charge in [0.2, 0.25) is 5.88 Å². The van der Waals surface area contributed by atoms with E-state index in [1.54, 1.807) is 0 Å². The van der Waals surface area contributed by atoms with Crippen molar-refractivity contribution in [3.8, 4) is 0 Å². The normalized spacial score (nSPS) is 16.3. The lowest BCUT2D eigenvalue weighted by molar-refractivity contribution is -0.139. The number of rotatable bonds is 4. The van der Waals surface area contributed by atoms with E-state index in [1.807, 2.05) is 0 Å². The molecule has 0 saturated heterocycles. The number of hydrogen-bond acceptors (Lipinski definition) is 5. The highest BCUT2D eigenvalue weighted by molar-refractivity contribution is 6.31. The number of benzene rings is 2. The minimum absolute atomic E-state index is 0.0305. The number of ether oxygens (including phenoxy) is 1. The first kappa shape index (κ1) is 20.7. The number of aliphatic hydroxyl groups is 1. The minimum Gasteiger partial charge on any atom is -0.494 e. The maximum Gasteiger partial charge on any atom is 0.342 e. The Balaban J connectivity index is 2.19. The molecule has 0 bridgehead atoms. The van der Waals surface area contributed by atoms with Gasteiger partial charge in [-0.15, -0.1) is 0 Å². The van der Waals surface area contributed by atoms with E-state index in [-0.39, 0.29) is 17.2 Å². The van der Waals surface area contributed by atoms with Gasteiger partial charge in [-0.3, -0.25) is 4.99 Å². The molecule has 0 aliphatic carbocycles. The molecule has 0 radical (unpaired) electrons. The molecule has 1 unspecified atom stereocenters. The number of nitrogens with one attached hydrogen (secondary N) is 1. The van der Waals surface area contributed by atoms with Gasteiger partial charge in [0, 0.05) is 22.7 Å². The number of aliphatic imine (C=N–C) groups is 1. The maximum absolute atomic E-state index is 14.2.